The van der Waals surface area contributed by atoms with E-state index in [1.807, 2.05) is 24.3 Å². The lowest BCUT2D eigenvalue weighted by molar-refractivity contribution is 0.283. The van der Waals surface area contributed by atoms with Gasteiger partial charge in [0.25, 0.3) is 5.56 Å². The maximum absolute atomic E-state index is 13.7. The number of nitriles is 1. The molecule has 3 rings (SSSR count). The number of rotatable bonds is 6. The molecule has 1 aromatic heterocycles. The van der Waals surface area contributed by atoms with E-state index in [0.29, 0.717) is 0 Å². The van der Waals surface area contributed by atoms with E-state index in [1.165, 1.54) is 17.0 Å². The van der Waals surface area contributed by atoms with Gasteiger partial charge in [-0.25, -0.2) is 13.8 Å². The zero-order chi connectivity index (χ0) is 20.1. The minimum absolute atomic E-state index is 0.0169. The third-order valence-electron chi connectivity index (χ3n) is 3.96. The average Bonchev–Trinajstić information content (AvgIpc) is 2.67. The van der Waals surface area contributed by atoms with Crippen molar-refractivity contribution >= 4 is 15.9 Å². The number of halogens is 3. The zero-order valence-electron chi connectivity index (χ0n) is 14.5. The molecule has 0 aliphatic carbocycles. The second kappa shape index (κ2) is 8.76. The van der Waals surface area contributed by atoms with Crippen LogP contribution in [0.1, 0.15) is 16.7 Å². The number of hydrogen-bond acceptors (Lipinski definition) is 4. The van der Waals surface area contributed by atoms with Crippen molar-refractivity contribution in [1.82, 2.24) is 9.55 Å². The van der Waals surface area contributed by atoms with E-state index >= 15 is 0 Å². The molecule has 0 aliphatic rings. The minimum atomic E-state index is -0.735. The van der Waals surface area contributed by atoms with Crippen LogP contribution in [0.3, 0.4) is 0 Å². The fourth-order valence-corrected chi connectivity index (χ4v) is 3.02. The third-order valence-corrected chi connectivity index (χ3v) is 4.64. The van der Waals surface area contributed by atoms with Gasteiger partial charge in [-0.1, -0.05) is 24.3 Å². The molecular weight excluding hydrogens is 432 g/mol. The van der Waals surface area contributed by atoms with Crippen molar-refractivity contribution in [3.63, 3.8) is 0 Å². The van der Waals surface area contributed by atoms with E-state index in [2.05, 4.69) is 27.0 Å². The highest BCUT2D eigenvalue weighted by atomic mass is 79.9. The van der Waals surface area contributed by atoms with Crippen molar-refractivity contribution in [2.24, 2.45) is 0 Å². The molecule has 0 atom stereocenters. The zero-order valence-corrected chi connectivity index (χ0v) is 16.1. The summed E-state index contributed by atoms with van der Waals surface area (Å²) in [6, 6.07) is 12.6. The summed E-state index contributed by atoms with van der Waals surface area (Å²) in [6.45, 7) is 0.0773. The normalized spacial score (nSPS) is 10.5. The van der Waals surface area contributed by atoms with Crippen molar-refractivity contribution in [3.05, 3.63) is 91.9 Å². The minimum Gasteiger partial charge on any atom is -0.472 e. The topological polar surface area (TPSA) is 67.9 Å². The van der Waals surface area contributed by atoms with Crippen LogP contribution in [0.2, 0.25) is 0 Å². The van der Waals surface area contributed by atoms with Gasteiger partial charge in [0, 0.05) is 11.6 Å². The van der Waals surface area contributed by atoms with Crippen LogP contribution in [0, 0.1) is 23.0 Å². The van der Waals surface area contributed by atoms with Gasteiger partial charge in [0.15, 0.2) is 0 Å². The van der Waals surface area contributed by atoms with Crippen LogP contribution in [-0.2, 0) is 19.6 Å². The Morgan fingerprint density at radius 2 is 1.96 bits per heavy atom. The number of aromatic nitrogens is 2. The van der Waals surface area contributed by atoms with Gasteiger partial charge in [-0.3, -0.25) is 9.36 Å². The number of hydrogen-bond donors (Lipinski definition) is 0. The summed E-state index contributed by atoms with van der Waals surface area (Å²) in [5, 5.41) is 8.80. The first-order chi connectivity index (χ1) is 13.5. The van der Waals surface area contributed by atoms with Crippen molar-refractivity contribution in [2.45, 2.75) is 19.6 Å². The summed E-state index contributed by atoms with van der Waals surface area (Å²) in [5.74, 6) is -1.40. The van der Waals surface area contributed by atoms with E-state index in [0.717, 1.165) is 23.3 Å². The molecule has 0 N–H and O–H groups in total. The highest BCUT2D eigenvalue weighted by molar-refractivity contribution is 9.10. The van der Waals surface area contributed by atoms with Crippen LogP contribution in [0.25, 0.3) is 0 Å². The van der Waals surface area contributed by atoms with Crippen LogP contribution in [0.4, 0.5) is 8.78 Å². The summed E-state index contributed by atoms with van der Waals surface area (Å²) in [7, 11) is 0. The van der Waals surface area contributed by atoms with Crippen LogP contribution in [0.15, 0.2) is 58.1 Å². The Balaban J connectivity index is 1.76. The molecule has 3 aromatic rings. The predicted molar refractivity (Wildman–Crippen MR) is 102 cm³/mol. The fourth-order valence-electron chi connectivity index (χ4n) is 2.57. The Hall–Kier alpha value is -3.05. The first kappa shape index (κ1) is 19.7. The predicted octanol–water partition coefficient (Wildman–Crippen LogP) is 3.98. The number of benzene rings is 2. The monoisotopic (exact) mass is 445 g/mol. The largest absolute Gasteiger partial charge is 0.472 e. The van der Waals surface area contributed by atoms with Gasteiger partial charge in [0.2, 0.25) is 5.88 Å². The first-order valence-corrected chi connectivity index (χ1v) is 9.03. The summed E-state index contributed by atoms with van der Waals surface area (Å²) in [4.78, 5) is 16.6. The fraction of sp³-hybridized carbons (Fsp3) is 0.150. The molecule has 0 spiro atoms. The van der Waals surface area contributed by atoms with Crippen LogP contribution < -0.4 is 10.3 Å². The molecule has 0 bridgehead atoms. The molecule has 0 amide bonds. The summed E-state index contributed by atoms with van der Waals surface area (Å²) in [5.41, 5.74) is 1.50. The lowest BCUT2D eigenvalue weighted by atomic mass is 10.1. The molecule has 28 heavy (non-hydrogen) atoms. The molecule has 0 radical (unpaired) electrons. The van der Waals surface area contributed by atoms with Gasteiger partial charge in [-0.05, 0) is 39.2 Å². The average molecular weight is 446 g/mol. The van der Waals surface area contributed by atoms with E-state index in [1.54, 1.807) is 0 Å². The lowest BCUT2D eigenvalue weighted by Gasteiger charge is -2.11. The van der Waals surface area contributed by atoms with Gasteiger partial charge in [-0.2, -0.15) is 5.26 Å². The van der Waals surface area contributed by atoms with E-state index in [9.17, 15) is 13.6 Å². The van der Waals surface area contributed by atoms with Crippen molar-refractivity contribution in [3.8, 4) is 11.9 Å². The Labute approximate surface area is 168 Å². The second-order valence-corrected chi connectivity index (χ2v) is 6.77. The molecule has 0 saturated carbocycles. The highest BCUT2D eigenvalue weighted by Gasteiger charge is 2.12. The van der Waals surface area contributed by atoms with Crippen LogP contribution in [0.5, 0.6) is 5.88 Å². The van der Waals surface area contributed by atoms with Crippen molar-refractivity contribution in [2.75, 3.05) is 0 Å². The van der Waals surface area contributed by atoms with Crippen LogP contribution in [-0.4, -0.2) is 9.55 Å². The summed E-state index contributed by atoms with van der Waals surface area (Å²) >= 11 is 3.17. The number of nitrogens with zero attached hydrogens (tertiary/aromatic N) is 3. The van der Waals surface area contributed by atoms with E-state index in [4.69, 9.17) is 10.00 Å². The van der Waals surface area contributed by atoms with Gasteiger partial charge in [0.1, 0.15) is 29.0 Å². The molecular formula is C20H14BrF2N3O2. The Kier molecular flexibility index (Phi) is 6.16. The van der Waals surface area contributed by atoms with Crippen LogP contribution >= 0.6 is 15.9 Å². The molecule has 2 aromatic carbocycles. The molecule has 0 fully saturated rings. The maximum atomic E-state index is 13.7. The molecule has 0 unspecified atom stereocenters. The number of ether oxygens (including phenoxy) is 1. The lowest BCUT2D eigenvalue weighted by Crippen LogP contribution is -2.22. The maximum Gasteiger partial charge on any atom is 0.271 e. The standard InChI is InChI=1S/C20H14BrF2N3O2/c21-18-19(28-11-15-4-5-16(22)9-17(15)23)25-12-26(20(18)27)10-14-3-1-2-13(8-14)6-7-24/h1-5,8-9,12H,6,10-11H2. The molecule has 8 heteroatoms. The van der Waals surface area contributed by atoms with Crippen molar-refractivity contribution < 1.29 is 13.5 Å². The Morgan fingerprint density at radius 3 is 2.71 bits per heavy atom. The van der Waals surface area contributed by atoms with E-state index < -0.39 is 11.6 Å². The van der Waals surface area contributed by atoms with Crippen molar-refractivity contribution in [1.29, 1.82) is 5.26 Å². The van der Waals surface area contributed by atoms with Gasteiger partial charge in [0.05, 0.1) is 19.0 Å². The Bertz CT molecular complexity index is 1110. The molecule has 0 saturated heterocycles. The smallest absolute Gasteiger partial charge is 0.271 e. The van der Waals surface area contributed by atoms with Gasteiger partial charge < -0.3 is 4.74 Å². The summed E-state index contributed by atoms with van der Waals surface area (Å²) in [6.07, 6.45) is 1.62. The molecule has 0 aliphatic heterocycles. The van der Waals surface area contributed by atoms with Gasteiger partial charge >= 0.3 is 0 Å². The van der Waals surface area contributed by atoms with E-state index in [-0.39, 0.29) is 41.0 Å². The molecule has 5 nitrogen and oxygen atoms in total. The third kappa shape index (κ3) is 4.61. The van der Waals surface area contributed by atoms with Gasteiger partial charge in [-0.15, -0.1) is 0 Å². The first-order valence-electron chi connectivity index (χ1n) is 8.24. The molecule has 1 heterocycles. The molecule has 142 valence electrons. The highest BCUT2D eigenvalue weighted by Crippen LogP contribution is 2.20. The second-order valence-electron chi connectivity index (χ2n) is 5.98. The SMILES string of the molecule is N#CCc1cccc(Cn2cnc(OCc3ccc(F)cc3F)c(Br)c2=O)c1. The quantitative estimate of drug-likeness (QED) is 0.575. The Morgan fingerprint density at radius 1 is 1.18 bits per heavy atom. The summed E-state index contributed by atoms with van der Waals surface area (Å²) < 4.78 is 33.6.